The van der Waals surface area contributed by atoms with Crippen LogP contribution in [0.5, 0.6) is 0 Å². The van der Waals surface area contributed by atoms with Crippen molar-refractivity contribution >= 4 is 0 Å². The Hall–Kier alpha value is -0.900. The van der Waals surface area contributed by atoms with Crippen molar-refractivity contribution in [3.05, 3.63) is 35.4 Å². The smallest absolute Gasteiger partial charge is 0.0693 e. The van der Waals surface area contributed by atoms with E-state index in [4.69, 9.17) is 10.6 Å². The summed E-state index contributed by atoms with van der Waals surface area (Å²) >= 11 is 0. The molecule has 1 aromatic rings. The van der Waals surface area contributed by atoms with E-state index in [0.717, 1.165) is 5.56 Å². The van der Waals surface area contributed by atoms with Gasteiger partial charge in [-0.3, -0.25) is 11.3 Å². The SMILES string of the molecule is COCC(NN)c1ccc(C(C)C)cc1. The van der Waals surface area contributed by atoms with E-state index in [-0.39, 0.29) is 6.04 Å². The van der Waals surface area contributed by atoms with Gasteiger partial charge < -0.3 is 4.74 Å². The molecule has 0 aliphatic carbocycles. The third-order valence-electron chi connectivity index (χ3n) is 2.54. The van der Waals surface area contributed by atoms with Crippen LogP contribution in [-0.2, 0) is 4.74 Å². The number of hydrazine groups is 1. The van der Waals surface area contributed by atoms with Crippen molar-refractivity contribution in [2.75, 3.05) is 13.7 Å². The van der Waals surface area contributed by atoms with Crippen molar-refractivity contribution in [1.82, 2.24) is 5.43 Å². The van der Waals surface area contributed by atoms with Gasteiger partial charge in [0, 0.05) is 7.11 Å². The highest BCUT2D eigenvalue weighted by molar-refractivity contribution is 5.26. The fourth-order valence-electron chi connectivity index (χ4n) is 1.52. The van der Waals surface area contributed by atoms with E-state index in [9.17, 15) is 0 Å². The summed E-state index contributed by atoms with van der Waals surface area (Å²) < 4.78 is 5.08. The molecule has 0 bridgehead atoms. The number of nitrogens with one attached hydrogen (secondary N) is 1. The molecule has 0 spiro atoms. The van der Waals surface area contributed by atoms with Crippen LogP contribution in [0.15, 0.2) is 24.3 Å². The number of hydrogen-bond donors (Lipinski definition) is 2. The van der Waals surface area contributed by atoms with E-state index in [2.05, 4.69) is 43.5 Å². The maximum absolute atomic E-state index is 5.46. The lowest BCUT2D eigenvalue weighted by atomic mass is 9.99. The Balaban J connectivity index is 2.77. The summed E-state index contributed by atoms with van der Waals surface area (Å²) in [6.45, 7) is 4.95. The molecule has 3 nitrogen and oxygen atoms in total. The van der Waals surface area contributed by atoms with Crippen LogP contribution in [0.25, 0.3) is 0 Å². The van der Waals surface area contributed by atoms with Gasteiger partial charge in [0.2, 0.25) is 0 Å². The number of ether oxygens (including phenoxy) is 1. The number of rotatable bonds is 5. The van der Waals surface area contributed by atoms with E-state index in [0.29, 0.717) is 12.5 Å². The lowest BCUT2D eigenvalue weighted by Gasteiger charge is -2.16. The summed E-state index contributed by atoms with van der Waals surface area (Å²) in [5.41, 5.74) is 5.24. The van der Waals surface area contributed by atoms with Crippen LogP contribution in [0.4, 0.5) is 0 Å². The van der Waals surface area contributed by atoms with Gasteiger partial charge in [0.15, 0.2) is 0 Å². The molecule has 1 aromatic carbocycles. The molecular weight excluding hydrogens is 188 g/mol. The number of nitrogens with two attached hydrogens (primary N) is 1. The quantitative estimate of drug-likeness (QED) is 0.574. The largest absolute Gasteiger partial charge is 0.383 e. The van der Waals surface area contributed by atoms with Crippen molar-refractivity contribution in [3.63, 3.8) is 0 Å². The van der Waals surface area contributed by atoms with E-state index in [1.54, 1.807) is 7.11 Å². The molecule has 1 rings (SSSR count). The van der Waals surface area contributed by atoms with Gasteiger partial charge in [-0.05, 0) is 17.0 Å². The van der Waals surface area contributed by atoms with Gasteiger partial charge in [0.1, 0.15) is 0 Å². The maximum Gasteiger partial charge on any atom is 0.0693 e. The molecule has 1 atom stereocenters. The maximum atomic E-state index is 5.46. The molecular formula is C12H20N2O. The predicted octanol–water partition coefficient (Wildman–Crippen LogP) is 1.96. The van der Waals surface area contributed by atoms with Gasteiger partial charge in [-0.1, -0.05) is 38.1 Å². The molecule has 0 fully saturated rings. The molecule has 1 unspecified atom stereocenters. The van der Waals surface area contributed by atoms with Crippen LogP contribution in [0.3, 0.4) is 0 Å². The Morgan fingerprint density at radius 1 is 1.20 bits per heavy atom. The van der Waals surface area contributed by atoms with Gasteiger partial charge in [-0.2, -0.15) is 0 Å². The summed E-state index contributed by atoms with van der Waals surface area (Å²) in [5.74, 6) is 6.02. The standard InChI is InChI=1S/C12H20N2O/c1-9(2)10-4-6-11(7-5-10)12(14-13)8-15-3/h4-7,9,12,14H,8,13H2,1-3H3. The molecule has 15 heavy (non-hydrogen) atoms. The van der Waals surface area contributed by atoms with Gasteiger partial charge in [0.05, 0.1) is 12.6 Å². The van der Waals surface area contributed by atoms with Crippen LogP contribution < -0.4 is 11.3 Å². The molecule has 0 radical (unpaired) electrons. The van der Waals surface area contributed by atoms with Gasteiger partial charge in [0.25, 0.3) is 0 Å². The van der Waals surface area contributed by atoms with Gasteiger partial charge >= 0.3 is 0 Å². The fraction of sp³-hybridized carbons (Fsp3) is 0.500. The van der Waals surface area contributed by atoms with Crippen molar-refractivity contribution in [1.29, 1.82) is 0 Å². The second-order valence-electron chi connectivity index (χ2n) is 4.00. The van der Waals surface area contributed by atoms with Crippen molar-refractivity contribution in [3.8, 4) is 0 Å². The topological polar surface area (TPSA) is 47.3 Å². The van der Waals surface area contributed by atoms with Crippen molar-refractivity contribution in [2.45, 2.75) is 25.8 Å². The normalized spacial score (nSPS) is 13.1. The molecule has 3 N–H and O–H groups in total. The Kier molecular flexibility index (Phi) is 4.75. The van der Waals surface area contributed by atoms with Crippen LogP contribution in [0, 0.1) is 0 Å². The first-order chi connectivity index (χ1) is 7.19. The Morgan fingerprint density at radius 2 is 1.73 bits per heavy atom. The molecule has 0 aliphatic heterocycles. The molecule has 0 amide bonds. The average Bonchev–Trinajstić information content (AvgIpc) is 2.26. The Labute approximate surface area is 91.6 Å². The van der Waals surface area contributed by atoms with Crippen molar-refractivity contribution in [2.24, 2.45) is 5.84 Å². The zero-order valence-corrected chi connectivity index (χ0v) is 9.66. The molecule has 0 heterocycles. The minimum Gasteiger partial charge on any atom is -0.383 e. The van der Waals surface area contributed by atoms with Crippen LogP contribution in [0.1, 0.15) is 36.9 Å². The number of methoxy groups -OCH3 is 1. The highest BCUT2D eigenvalue weighted by atomic mass is 16.5. The van der Waals surface area contributed by atoms with E-state index >= 15 is 0 Å². The summed E-state index contributed by atoms with van der Waals surface area (Å²) in [6.07, 6.45) is 0. The second kappa shape index (κ2) is 5.85. The van der Waals surface area contributed by atoms with Crippen molar-refractivity contribution < 1.29 is 4.74 Å². The van der Waals surface area contributed by atoms with Gasteiger partial charge in [-0.25, -0.2) is 0 Å². The second-order valence-corrected chi connectivity index (χ2v) is 4.00. The van der Waals surface area contributed by atoms with E-state index in [1.807, 2.05) is 0 Å². The first kappa shape index (κ1) is 12.2. The van der Waals surface area contributed by atoms with Crippen LogP contribution >= 0.6 is 0 Å². The fourth-order valence-corrected chi connectivity index (χ4v) is 1.52. The predicted molar refractivity (Wildman–Crippen MR) is 62.5 cm³/mol. The van der Waals surface area contributed by atoms with E-state index < -0.39 is 0 Å². The highest BCUT2D eigenvalue weighted by Crippen LogP contribution is 2.18. The zero-order chi connectivity index (χ0) is 11.3. The lowest BCUT2D eigenvalue weighted by molar-refractivity contribution is 0.167. The summed E-state index contributed by atoms with van der Waals surface area (Å²) in [4.78, 5) is 0. The monoisotopic (exact) mass is 208 g/mol. The first-order valence-electron chi connectivity index (χ1n) is 5.24. The average molecular weight is 208 g/mol. The van der Waals surface area contributed by atoms with Gasteiger partial charge in [-0.15, -0.1) is 0 Å². The Bertz CT molecular complexity index is 282. The first-order valence-corrected chi connectivity index (χ1v) is 5.24. The molecule has 84 valence electrons. The molecule has 0 aliphatic rings. The number of benzene rings is 1. The highest BCUT2D eigenvalue weighted by Gasteiger charge is 2.09. The molecule has 0 saturated carbocycles. The van der Waals surface area contributed by atoms with Crippen LogP contribution in [0.2, 0.25) is 0 Å². The summed E-state index contributed by atoms with van der Waals surface area (Å²) in [6, 6.07) is 8.54. The molecule has 0 aromatic heterocycles. The lowest BCUT2D eigenvalue weighted by Crippen LogP contribution is -2.31. The zero-order valence-electron chi connectivity index (χ0n) is 9.66. The third kappa shape index (κ3) is 3.30. The Morgan fingerprint density at radius 3 is 2.13 bits per heavy atom. The summed E-state index contributed by atoms with van der Waals surface area (Å²) in [7, 11) is 1.67. The molecule has 0 saturated heterocycles. The third-order valence-corrected chi connectivity index (χ3v) is 2.54. The number of hydrogen-bond acceptors (Lipinski definition) is 3. The van der Waals surface area contributed by atoms with E-state index in [1.165, 1.54) is 5.56 Å². The minimum atomic E-state index is 0.0659. The molecule has 3 heteroatoms. The van der Waals surface area contributed by atoms with Crippen LogP contribution in [-0.4, -0.2) is 13.7 Å². The summed E-state index contributed by atoms with van der Waals surface area (Å²) in [5, 5.41) is 0. The minimum absolute atomic E-state index is 0.0659.